The number of nitrogens with zero attached hydrogens (tertiary/aromatic N) is 1. The van der Waals surface area contributed by atoms with Crippen molar-refractivity contribution in [3.05, 3.63) is 29.8 Å². The number of aromatic nitrogens is 1. The third-order valence-electron chi connectivity index (χ3n) is 2.32. The molecule has 90 valence electrons. The molecule has 0 unspecified atom stereocenters. The quantitative estimate of drug-likeness (QED) is 0.896. The van der Waals surface area contributed by atoms with Gasteiger partial charge >= 0.3 is 6.61 Å². The van der Waals surface area contributed by atoms with Gasteiger partial charge < -0.3 is 15.0 Å². The summed E-state index contributed by atoms with van der Waals surface area (Å²) in [4.78, 5) is 0. The maximum absolute atomic E-state index is 12.2. The van der Waals surface area contributed by atoms with Crippen LogP contribution in [-0.4, -0.2) is 11.8 Å². The Labute approximate surface area is 96.0 Å². The van der Waals surface area contributed by atoms with Gasteiger partial charge in [-0.05, 0) is 19.1 Å². The van der Waals surface area contributed by atoms with Crippen LogP contribution < -0.4 is 10.5 Å². The lowest BCUT2D eigenvalue weighted by molar-refractivity contribution is -0.0494. The molecule has 0 spiro atoms. The van der Waals surface area contributed by atoms with Crippen molar-refractivity contribution in [1.29, 1.82) is 0 Å². The van der Waals surface area contributed by atoms with Gasteiger partial charge in [0.2, 0.25) is 5.88 Å². The standard InChI is InChI=1S/C11H10F2N2O2/c1-6-9(15-17-10(6)14)7-4-2-3-5-8(7)16-11(12)13/h2-5,11H,14H2,1H3. The van der Waals surface area contributed by atoms with Crippen LogP contribution in [0.15, 0.2) is 28.8 Å². The molecule has 0 fully saturated rings. The molecule has 6 heteroatoms. The van der Waals surface area contributed by atoms with E-state index in [0.717, 1.165) is 0 Å². The summed E-state index contributed by atoms with van der Waals surface area (Å²) >= 11 is 0. The van der Waals surface area contributed by atoms with Crippen molar-refractivity contribution in [3.8, 4) is 17.0 Å². The van der Waals surface area contributed by atoms with Crippen molar-refractivity contribution >= 4 is 5.88 Å². The lowest BCUT2D eigenvalue weighted by atomic mass is 10.1. The molecule has 0 aliphatic carbocycles. The molecule has 1 aromatic heterocycles. The summed E-state index contributed by atoms with van der Waals surface area (Å²) < 4.78 is 33.7. The smallest absolute Gasteiger partial charge is 0.387 e. The maximum atomic E-state index is 12.2. The summed E-state index contributed by atoms with van der Waals surface area (Å²) in [5, 5.41) is 3.73. The van der Waals surface area contributed by atoms with Crippen molar-refractivity contribution in [2.45, 2.75) is 13.5 Å². The zero-order valence-electron chi connectivity index (χ0n) is 8.98. The number of para-hydroxylation sites is 1. The minimum atomic E-state index is -2.89. The lowest BCUT2D eigenvalue weighted by Gasteiger charge is -2.08. The van der Waals surface area contributed by atoms with Crippen LogP contribution in [-0.2, 0) is 0 Å². The Bertz CT molecular complexity index is 526. The third kappa shape index (κ3) is 2.20. The first-order valence-corrected chi connectivity index (χ1v) is 4.85. The summed E-state index contributed by atoms with van der Waals surface area (Å²) in [6.07, 6.45) is 0. The number of rotatable bonds is 3. The average molecular weight is 240 g/mol. The fourth-order valence-corrected chi connectivity index (χ4v) is 1.46. The number of hydrogen-bond donors (Lipinski definition) is 1. The first kappa shape index (κ1) is 11.4. The van der Waals surface area contributed by atoms with Gasteiger partial charge in [-0.25, -0.2) is 0 Å². The first-order chi connectivity index (χ1) is 8.09. The molecular weight excluding hydrogens is 230 g/mol. The largest absolute Gasteiger partial charge is 0.434 e. The predicted octanol–water partition coefficient (Wildman–Crippen LogP) is 2.83. The van der Waals surface area contributed by atoms with E-state index in [2.05, 4.69) is 9.89 Å². The number of hydrogen-bond acceptors (Lipinski definition) is 4. The van der Waals surface area contributed by atoms with E-state index in [0.29, 0.717) is 16.8 Å². The van der Waals surface area contributed by atoms with Gasteiger partial charge in [0.05, 0.1) is 0 Å². The summed E-state index contributed by atoms with van der Waals surface area (Å²) in [6, 6.07) is 6.34. The molecule has 0 aliphatic heterocycles. The second-order valence-electron chi connectivity index (χ2n) is 3.40. The van der Waals surface area contributed by atoms with Crippen molar-refractivity contribution in [2.75, 3.05) is 5.73 Å². The average Bonchev–Trinajstić information content (AvgIpc) is 2.60. The zero-order valence-corrected chi connectivity index (χ0v) is 8.98. The molecule has 0 bridgehead atoms. The van der Waals surface area contributed by atoms with Crippen LogP contribution in [0.25, 0.3) is 11.3 Å². The molecule has 0 saturated heterocycles. The highest BCUT2D eigenvalue weighted by Crippen LogP contribution is 2.33. The Morgan fingerprint density at radius 3 is 2.65 bits per heavy atom. The minimum absolute atomic E-state index is 0.0406. The highest BCUT2D eigenvalue weighted by molar-refractivity contribution is 5.72. The Morgan fingerprint density at radius 2 is 2.06 bits per heavy atom. The van der Waals surface area contributed by atoms with Crippen LogP contribution in [0.4, 0.5) is 14.7 Å². The zero-order chi connectivity index (χ0) is 12.4. The normalized spacial score (nSPS) is 10.8. The molecule has 2 rings (SSSR count). The highest BCUT2D eigenvalue weighted by atomic mass is 19.3. The van der Waals surface area contributed by atoms with Gasteiger partial charge in [0.15, 0.2) is 0 Å². The van der Waals surface area contributed by atoms with Crippen LogP contribution in [0.5, 0.6) is 5.75 Å². The Hall–Kier alpha value is -2.11. The SMILES string of the molecule is Cc1c(-c2ccccc2OC(F)F)noc1N. The van der Waals surface area contributed by atoms with E-state index in [1.165, 1.54) is 6.07 Å². The number of nitrogens with two attached hydrogens (primary N) is 1. The van der Waals surface area contributed by atoms with Crippen LogP contribution in [0, 0.1) is 6.92 Å². The predicted molar refractivity (Wildman–Crippen MR) is 57.7 cm³/mol. The minimum Gasteiger partial charge on any atom is -0.434 e. The number of ether oxygens (including phenoxy) is 1. The number of nitrogen functional groups attached to an aromatic ring is 1. The molecule has 17 heavy (non-hydrogen) atoms. The molecule has 0 radical (unpaired) electrons. The summed E-state index contributed by atoms with van der Waals surface area (Å²) in [6.45, 7) is -1.19. The van der Waals surface area contributed by atoms with E-state index in [9.17, 15) is 8.78 Å². The Kier molecular flexibility index (Phi) is 2.95. The molecule has 0 aliphatic rings. The first-order valence-electron chi connectivity index (χ1n) is 4.85. The van der Waals surface area contributed by atoms with Crippen molar-refractivity contribution < 1.29 is 18.0 Å². The molecule has 2 N–H and O–H groups in total. The fourth-order valence-electron chi connectivity index (χ4n) is 1.46. The number of benzene rings is 1. The van der Waals surface area contributed by atoms with E-state index in [4.69, 9.17) is 10.3 Å². The summed E-state index contributed by atoms with van der Waals surface area (Å²) in [5.41, 5.74) is 6.93. The van der Waals surface area contributed by atoms with E-state index in [-0.39, 0.29) is 11.6 Å². The van der Waals surface area contributed by atoms with Crippen LogP contribution in [0.2, 0.25) is 0 Å². The monoisotopic (exact) mass is 240 g/mol. The van der Waals surface area contributed by atoms with Crippen LogP contribution >= 0.6 is 0 Å². The van der Waals surface area contributed by atoms with Gasteiger partial charge in [-0.2, -0.15) is 8.78 Å². The number of halogens is 2. The Morgan fingerprint density at radius 1 is 1.35 bits per heavy atom. The lowest BCUT2D eigenvalue weighted by Crippen LogP contribution is -2.03. The summed E-state index contributed by atoms with van der Waals surface area (Å²) in [7, 11) is 0. The molecule has 1 heterocycles. The number of anilines is 1. The van der Waals surface area contributed by atoms with Gasteiger partial charge in [0, 0.05) is 11.1 Å². The van der Waals surface area contributed by atoms with Gasteiger partial charge in [-0.3, -0.25) is 0 Å². The van der Waals surface area contributed by atoms with Gasteiger partial charge in [-0.15, -0.1) is 0 Å². The third-order valence-corrected chi connectivity index (χ3v) is 2.32. The maximum Gasteiger partial charge on any atom is 0.387 e. The molecular formula is C11H10F2N2O2. The fraction of sp³-hybridized carbons (Fsp3) is 0.182. The van der Waals surface area contributed by atoms with E-state index in [1.807, 2.05) is 0 Å². The highest BCUT2D eigenvalue weighted by Gasteiger charge is 2.17. The van der Waals surface area contributed by atoms with Crippen LogP contribution in [0.1, 0.15) is 5.56 Å². The number of alkyl halides is 2. The molecule has 0 atom stereocenters. The molecule has 0 saturated carbocycles. The molecule has 4 nitrogen and oxygen atoms in total. The van der Waals surface area contributed by atoms with Crippen molar-refractivity contribution in [3.63, 3.8) is 0 Å². The Balaban J connectivity index is 2.48. The van der Waals surface area contributed by atoms with Crippen molar-refractivity contribution in [2.24, 2.45) is 0 Å². The second kappa shape index (κ2) is 4.40. The molecule has 2 aromatic rings. The summed E-state index contributed by atoms with van der Waals surface area (Å²) in [5.74, 6) is 0.200. The van der Waals surface area contributed by atoms with E-state index < -0.39 is 6.61 Å². The van der Waals surface area contributed by atoms with E-state index in [1.54, 1.807) is 25.1 Å². The molecule has 1 aromatic carbocycles. The van der Waals surface area contributed by atoms with Gasteiger partial charge in [0.25, 0.3) is 0 Å². The van der Waals surface area contributed by atoms with Gasteiger partial charge in [0.1, 0.15) is 11.4 Å². The second-order valence-corrected chi connectivity index (χ2v) is 3.40. The van der Waals surface area contributed by atoms with Crippen LogP contribution in [0.3, 0.4) is 0 Å². The topological polar surface area (TPSA) is 61.3 Å². The van der Waals surface area contributed by atoms with Gasteiger partial charge in [-0.1, -0.05) is 17.3 Å². The molecule has 0 amide bonds. The van der Waals surface area contributed by atoms with Crippen molar-refractivity contribution in [1.82, 2.24) is 5.16 Å². The van der Waals surface area contributed by atoms with E-state index >= 15 is 0 Å².